The molecule has 0 aliphatic carbocycles. The number of halogens is 1. The van der Waals surface area contributed by atoms with Crippen LogP contribution in [0.3, 0.4) is 0 Å². The molecule has 0 spiro atoms. The second kappa shape index (κ2) is 4.57. The second-order valence-electron chi connectivity index (χ2n) is 2.63. The van der Waals surface area contributed by atoms with E-state index in [1.54, 1.807) is 12.1 Å². The maximum Gasteiger partial charge on any atom is 0.207 e. The first-order valence-electron chi connectivity index (χ1n) is 3.92. The lowest BCUT2D eigenvalue weighted by atomic mass is 10.1. The molecule has 0 aliphatic heterocycles. The summed E-state index contributed by atoms with van der Waals surface area (Å²) < 4.78 is 13.1. The Bertz CT molecular complexity index is 302. The summed E-state index contributed by atoms with van der Waals surface area (Å²) in [5, 5.41) is 2.45. The van der Waals surface area contributed by atoms with Crippen LogP contribution < -0.4 is 11.1 Å². The maximum absolute atomic E-state index is 13.1. The second-order valence-corrected chi connectivity index (χ2v) is 2.63. The summed E-state index contributed by atoms with van der Waals surface area (Å²) in [4.78, 5) is 9.96. The molecule has 3 N–H and O–H groups in total. The predicted octanol–water partition coefficient (Wildman–Crippen LogP) is 0.530. The molecule has 70 valence electrons. The molecule has 3 nitrogen and oxygen atoms in total. The number of nitrogens with one attached hydrogen (secondary N) is 1. The summed E-state index contributed by atoms with van der Waals surface area (Å²) >= 11 is 0. The summed E-state index contributed by atoms with van der Waals surface area (Å²) in [5.74, 6) is -0.326. The van der Waals surface area contributed by atoms with Crippen molar-refractivity contribution in [3.63, 3.8) is 0 Å². The van der Waals surface area contributed by atoms with Crippen LogP contribution in [-0.4, -0.2) is 6.41 Å². The fourth-order valence-corrected chi connectivity index (χ4v) is 1.03. The molecule has 0 fully saturated rings. The van der Waals surface area contributed by atoms with Gasteiger partial charge in [-0.2, -0.15) is 0 Å². The molecule has 1 amide bonds. The molecule has 13 heavy (non-hydrogen) atoms. The van der Waals surface area contributed by atoms with E-state index in [1.807, 2.05) is 0 Å². The largest absolute Gasteiger partial charge is 0.355 e. The van der Waals surface area contributed by atoms with Gasteiger partial charge < -0.3 is 11.1 Å². The highest BCUT2D eigenvalue weighted by Crippen LogP contribution is 2.09. The Kier molecular flexibility index (Phi) is 3.40. The number of rotatable bonds is 4. The highest BCUT2D eigenvalue weighted by atomic mass is 19.1. The lowest BCUT2D eigenvalue weighted by Gasteiger charge is -2.03. The molecule has 0 aliphatic rings. The molecule has 0 unspecified atom stereocenters. The normalized spacial score (nSPS) is 9.69. The molecule has 0 atom stereocenters. The average molecular weight is 182 g/mol. The molecule has 1 aromatic rings. The first-order chi connectivity index (χ1) is 6.27. The molecule has 0 aromatic heterocycles. The van der Waals surface area contributed by atoms with Crippen LogP contribution in [0.5, 0.6) is 0 Å². The minimum atomic E-state index is -0.326. The predicted molar refractivity (Wildman–Crippen MR) is 47.2 cm³/mol. The van der Waals surface area contributed by atoms with Gasteiger partial charge in [0.05, 0.1) is 0 Å². The molecular weight excluding hydrogens is 171 g/mol. The molecule has 0 bridgehead atoms. The molecule has 1 aromatic carbocycles. The van der Waals surface area contributed by atoms with E-state index in [-0.39, 0.29) is 12.4 Å². The maximum atomic E-state index is 13.1. The standard InChI is InChI=1S/C9H11FN2O/c10-9-3-7(5-12-6-13)1-2-8(9)4-11/h1-3,6H,4-5,11H2,(H,12,13). The van der Waals surface area contributed by atoms with Gasteiger partial charge in [-0.3, -0.25) is 4.79 Å². The zero-order valence-electron chi connectivity index (χ0n) is 7.09. The van der Waals surface area contributed by atoms with E-state index < -0.39 is 0 Å². The number of nitrogens with two attached hydrogens (primary N) is 1. The van der Waals surface area contributed by atoms with Crippen molar-refractivity contribution in [2.45, 2.75) is 13.1 Å². The van der Waals surface area contributed by atoms with E-state index in [9.17, 15) is 9.18 Å². The number of carbonyl (C=O) groups is 1. The third-order valence-electron chi connectivity index (χ3n) is 1.73. The van der Waals surface area contributed by atoms with Gasteiger partial charge in [-0.1, -0.05) is 12.1 Å². The van der Waals surface area contributed by atoms with Gasteiger partial charge in [-0.15, -0.1) is 0 Å². The van der Waals surface area contributed by atoms with Gasteiger partial charge in [0.15, 0.2) is 0 Å². The fraction of sp³-hybridized carbons (Fsp3) is 0.222. The number of amides is 1. The lowest BCUT2D eigenvalue weighted by molar-refractivity contribution is -0.109. The number of carbonyl (C=O) groups excluding carboxylic acids is 1. The van der Waals surface area contributed by atoms with Crippen molar-refractivity contribution >= 4 is 6.41 Å². The Morgan fingerprint density at radius 1 is 1.54 bits per heavy atom. The van der Waals surface area contributed by atoms with Crippen molar-refractivity contribution in [3.8, 4) is 0 Å². The van der Waals surface area contributed by atoms with Crippen molar-refractivity contribution in [3.05, 3.63) is 35.1 Å². The summed E-state index contributed by atoms with van der Waals surface area (Å²) in [7, 11) is 0. The highest BCUT2D eigenvalue weighted by molar-refractivity contribution is 5.46. The van der Waals surface area contributed by atoms with Gasteiger partial charge in [0.1, 0.15) is 5.82 Å². The summed E-state index contributed by atoms with van der Waals surface area (Å²) in [5.41, 5.74) is 6.49. The van der Waals surface area contributed by atoms with E-state index in [0.29, 0.717) is 18.5 Å². The van der Waals surface area contributed by atoms with E-state index in [2.05, 4.69) is 5.32 Å². The van der Waals surface area contributed by atoms with Crippen LogP contribution in [0.25, 0.3) is 0 Å². The van der Waals surface area contributed by atoms with Crippen LogP contribution in [0.4, 0.5) is 4.39 Å². The number of hydrogen-bond donors (Lipinski definition) is 2. The first-order valence-corrected chi connectivity index (χ1v) is 3.92. The zero-order chi connectivity index (χ0) is 9.68. The van der Waals surface area contributed by atoms with Crippen molar-refractivity contribution < 1.29 is 9.18 Å². The zero-order valence-corrected chi connectivity index (χ0v) is 7.09. The Morgan fingerprint density at radius 2 is 2.31 bits per heavy atom. The molecular formula is C9H11FN2O. The Balaban J connectivity index is 2.76. The van der Waals surface area contributed by atoms with Crippen LogP contribution in [0, 0.1) is 5.82 Å². The first kappa shape index (κ1) is 9.67. The van der Waals surface area contributed by atoms with Crippen LogP contribution >= 0.6 is 0 Å². The minimum Gasteiger partial charge on any atom is -0.355 e. The highest BCUT2D eigenvalue weighted by Gasteiger charge is 2.00. The molecule has 0 saturated carbocycles. The Morgan fingerprint density at radius 3 is 2.85 bits per heavy atom. The third-order valence-corrected chi connectivity index (χ3v) is 1.73. The van der Waals surface area contributed by atoms with Crippen LogP contribution in [0.1, 0.15) is 11.1 Å². The third kappa shape index (κ3) is 2.52. The molecule has 0 heterocycles. The monoisotopic (exact) mass is 182 g/mol. The van der Waals surface area contributed by atoms with Gasteiger partial charge in [-0.25, -0.2) is 4.39 Å². The van der Waals surface area contributed by atoms with E-state index >= 15 is 0 Å². The minimum absolute atomic E-state index is 0.188. The van der Waals surface area contributed by atoms with Crippen molar-refractivity contribution in [2.75, 3.05) is 0 Å². The number of hydrogen-bond acceptors (Lipinski definition) is 2. The Labute approximate surface area is 75.7 Å². The lowest BCUT2D eigenvalue weighted by Crippen LogP contribution is -2.10. The molecule has 0 radical (unpaired) electrons. The Hall–Kier alpha value is -1.42. The van der Waals surface area contributed by atoms with Gasteiger partial charge >= 0.3 is 0 Å². The van der Waals surface area contributed by atoms with Gasteiger partial charge in [0.2, 0.25) is 6.41 Å². The van der Waals surface area contributed by atoms with Gasteiger partial charge in [0.25, 0.3) is 0 Å². The summed E-state index contributed by atoms with van der Waals surface area (Å²) in [6.45, 7) is 0.526. The van der Waals surface area contributed by atoms with Crippen LogP contribution in [0.15, 0.2) is 18.2 Å². The van der Waals surface area contributed by atoms with E-state index in [1.165, 1.54) is 6.07 Å². The van der Waals surface area contributed by atoms with E-state index in [0.717, 1.165) is 5.56 Å². The average Bonchev–Trinajstić information content (AvgIpc) is 2.15. The van der Waals surface area contributed by atoms with Gasteiger partial charge in [0, 0.05) is 18.7 Å². The van der Waals surface area contributed by atoms with Crippen LogP contribution in [-0.2, 0) is 17.9 Å². The van der Waals surface area contributed by atoms with Crippen molar-refractivity contribution in [1.82, 2.24) is 5.32 Å². The fourth-order valence-electron chi connectivity index (χ4n) is 1.03. The summed E-state index contributed by atoms with van der Waals surface area (Å²) in [6, 6.07) is 4.73. The van der Waals surface area contributed by atoms with Crippen LogP contribution in [0.2, 0.25) is 0 Å². The van der Waals surface area contributed by atoms with E-state index in [4.69, 9.17) is 5.73 Å². The molecule has 1 rings (SSSR count). The van der Waals surface area contributed by atoms with Crippen molar-refractivity contribution in [1.29, 1.82) is 0 Å². The van der Waals surface area contributed by atoms with Gasteiger partial charge in [-0.05, 0) is 11.6 Å². The molecule has 4 heteroatoms. The number of benzene rings is 1. The topological polar surface area (TPSA) is 55.1 Å². The SMILES string of the molecule is NCc1ccc(CNC=O)cc1F. The quantitative estimate of drug-likeness (QED) is 0.667. The smallest absolute Gasteiger partial charge is 0.207 e. The molecule has 0 saturated heterocycles. The van der Waals surface area contributed by atoms with Crippen molar-refractivity contribution in [2.24, 2.45) is 5.73 Å². The summed E-state index contributed by atoms with van der Waals surface area (Å²) in [6.07, 6.45) is 0.578.